The maximum Gasteiger partial charge on any atom is 0.266 e. The van der Waals surface area contributed by atoms with Crippen LogP contribution in [0.4, 0.5) is 11.5 Å². The molecule has 1 N–H and O–H groups in total. The van der Waals surface area contributed by atoms with Crippen LogP contribution in [0.1, 0.15) is 6.42 Å². The van der Waals surface area contributed by atoms with Gasteiger partial charge in [-0.05, 0) is 30.5 Å². The number of ether oxygens (including phenoxy) is 1. The molecule has 1 saturated heterocycles. The summed E-state index contributed by atoms with van der Waals surface area (Å²) in [7, 11) is 0. The molecule has 142 valence electrons. The monoisotopic (exact) mass is 384 g/mol. The highest BCUT2D eigenvalue weighted by Crippen LogP contribution is 2.30. The zero-order valence-electron chi connectivity index (χ0n) is 15.4. The number of pyridine rings is 1. The molecule has 1 amide bonds. The van der Waals surface area contributed by atoms with Gasteiger partial charge in [0.25, 0.3) is 5.91 Å². The number of para-hydroxylation sites is 1. The Labute approximate surface area is 163 Å². The normalized spacial score (nSPS) is 20.0. The van der Waals surface area contributed by atoms with E-state index in [-0.39, 0.29) is 5.91 Å². The summed E-state index contributed by atoms with van der Waals surface area (Å²) in [6, 6.07) is 12.2. The fourth-order valence-electron chi connectivity index (χ4n) is 3.58. The number of fused-ring (bicyclic) bond motifs is 1. The first-order valence-electron chi connectivity index (χ1n) is 9.27. The summed E-state index contributed by atoms with van der Waals surface area (Å²) >= 11 is 1.79. The molecule has 27 heavy (non-hydrogen) atoms. The molecular formula is C20H24N4O2S. The number of carbonyl (C=O) groups is 1. The predicted octanol–water partition coefficient (Wildman–Crippen LogP) is 2.72. The Kier molecular flexibility index (Phi) is 5.50. The van der Waals surface area contributed by atoms with Gasteiger partial charge in [-0.1, -0.05) is 12.1 Å². The number of nitrogens with zero attached hydrogens (tertiary/aromatic N) is 3. The minimum Gasteiger partial charge on any atom is -0.477 e. The summed E-state index contributed by atoms with van der Waals surface area (Å²) in [4.78, 5) is 22.6. The third-order valence-electron chi connectivity index (χ3n) is 5.08. The lowest BCUT2D eigenvalue weighted by Crippen LogP contribution is -2.48. The maximum absolute atomic E-state index is 12.2. The van der Waals surface area contributed by atoms with Crippen molar-refractivity contribution >= 4 is 29.2 Å². The van der Waals surface area contributed by atoms with Crippen LogP contribution in [0, 0.1) is 0 Å². The minimum absolute atomic E-state index is 0.103. The van der Waals surface area contributed by atoms with Crippen LogP contribution in [0.15, 0.2) is 47.5 Å². The third kappa shape index (κ3) is 4.04. The molecule has 0 aliphatic carbocycles. The molecule has 6 nitrogen and oxygen atoms in total. The van der Waals surface area contributed by atoms with Gasteiger partial charge in [0.15, 0.2) is 17.7 Å². The van der Waals surface area contributed by atoms with E-state index in [2.05, 4.69) is 50.6 Å². The van der Waals surface area contributed by atoms with Crippen molar-refractivity contribution in [2.45, 2.75) is 17.4 Å². The molecule has 1 aromatic heterocycles. The van der Waals surface area contributed by atoms with Gasteiger partial charge in [0.05, 0.1) is 5.69 Å². The first-order chi connectivity index (χ1) is 13.2. The molecule has 1 aromatic carbocycles. The highest BCUT2D eigenvalue weighted by Gasteiger charge is 2.29. The summed E-state index contributed by atoms with van der Waals surface area (Å²) in [6.45, 7) is 4.85. The molecule has 0 spiro atoms. The quantitative estimate of drug-likeness (QED) is 0.800. The molecule has 2 aliphatic rings. The largest absolute Gasteiger partial charge is 0.477 e. The van der Waals surface area contributed by atoms with Crippen molar-refractivity contribution < 1.29 is 9.53 Å². The SMILES string of the molecule is CSc1ccccc1N1CCN(CC[C@@H]2Oc3cccnc3NC2=O)CC1. The Morgan fingerprint density at radius 1 is 1.19 bits per heavy atom. The highest BCUT2D eigenvalue weighted by molar-refractivity contribution is 7.98. The van der Waals surface area contributed by atoms with Crippen LogP contribution in [0.2, 0.25) is 0 Å². The van der Waals surface area contributed by atoms with Gasteiger partial charge >= 0.3 is 0 Å². The number of hydrogen-bond donors (Lipinski definition) is 1. The molecule has 3 heterocycles. The first kappa shape index (κ1) is 18.1. The Balaban J connectivity index is 1.29. The van der Waals surface area contributed by atoms with Crippen LogP contribution >= 0.6 is 11.8 Å². The van der Waals surface area contributed by atoms with E-state index in [1.165, 1.54) is 10.6 Å². The van der Waals surface area contributed by atoms with Crippen LogP contribution in [0.5, 0.6) is 5.75 Å². The van der Waals surface area contributed by atoms with Crippen molar-refractivity contribution in [3.63, 3.8) is 0 Å². The van der Waals surface area contributed by atoms with E-state index >= 15 is 0 Å². The number of benzene rings is 1. The molecule has 7 heteroatoms. The lowest BCUT2D eigenvalue weighted by Gasteiger charge is -2.37. The Bertz CT molecular complexity index is 808. The van der Waals surface area contributed by atoms with Gasteiger partial charge in [-0.25, -0.2) is 4.98 Å². The number of hydrogen-bond acceptors (Lipinski definition) is 6. The van der Waals surface area contributed by atoms with E-state index in [0.29, 0.717) is 18.0 Å². The lowest BCUT2D eigenvalue weighted by atomic mass is 10.1. The topological polar surface area (TPSA) is 57.7 Å². The van der Waals surface area contributed by atoms with Gasteiger partial charge in [0.1, 0.15) is 0 Å². The van der Waals surface area contributed by atoms with Crippen LogP contribution in [0.3, 0.4) is 0 Å². The summed E-state index contributed by atoms with van der Waals surface area (Å²) in [5, 5.41) is 2.83. The van der Waals surface area contributed by atoms with Gasteiger partial charge in [-0.2, -0.15) is 0 Å². The van der Waals surface area contributed by atoms with E-state index in [1.807, 2.05) is 12.1 Å². The Hall–Kier alpha value is -2.25. The number of anilines is 2. The smallest absolute Gasteiger partial charge is 0.266 e. The standard InChI is InChI=1S/C20H24N4O2S/c1-27-18-7-3-2-5-15(18)24-13-11-23(12-14-24)10-8-17-20(25)22-19-16(26-17)6-4-9-21-19/h2-7,9,17H,8,10-14H2,1H3,(H,21,22,25)/t17-/m0/s1. The second-order valence-corrected chi connectivity index (χ2v) is 7.58. The van der Waals surface area contributed by atoms with Gasteiger partial charge in [-0.15, -0.1) is 11.8 Å². The first-order valence-corrected chi connectivity index (χ1v) is 10.5. The number of piperazine rings is 1. The summed E-state index contributed by atoms with van der Waals surface area (Å²) in [6.07, 6.45) is 4.01. The van der Waals surface area contributed by atoms with Crippen molar-refractivity contribution in [2.24, 2.45) is 0 Å². The zero-order chi connectivity index (χ0) is 18.6. The average Bonchev–Trinajstić information content (AvgIpc) is 2.72. The second-order valence-electron chi connectivity index (χ2n) is 6.74. The van der Waals surface area contributed by atoms with E-state index in [0.717, 1.165) is 32.7 Å². The number of amides is 1. The fraction of sp³-hybridized carbons (Fsp3) is 0.400. The zero-order valence-corrected chi connectivity index (χ0v) is 16.2. The third-order valence-corrected chi connectivity index (χ3v) is 5.86. The van der Waals surface area contributed by atoms with Crippen molar-refractivity contribution in [2.75, 3.05) is 49.2 Å². The molecule has 1 fully saturated rings. The number of carbonyl (C=O) groups excluding carboxylic acids is 1. The minimum atomic E-state index is -0.447. The fourth-order valence-corrected chi connectivity index (χ4v) is 4.20. The van der Waals surface area contributed by atoms with Crippen LogP contribution in [-0.2, 0) is 4.79 Å². The van der Waals surface area contributed by atoms with E-state index in [9.17, 15) is 4.79 Å². The molecule has 1 atom stereocenters. The molecule has 2 aromatic rings. The number of thioether (sulfide) groups is 1. The van der Waals surface area contributed by atoms with Crippen LogP contribution in [0.25, 0.3) is 0 Å². The lowest BCUT2D eigenvalue weighted by molar-refractivity contribution is -0.124. The summed E-state index contributed by atoms with van der Waals surface area (Å²) in [5.74, 6) is 1.06. The Morgan fingerprint density at radius 3 is 2.81 bits per heavy atom. The van der Waals surface area contributed by atoms with E-state index < -0.39 is 6.10 Å². The molecular weight excluding hydrogens is 360 g/mol. The van der Waals surface area contributed by atoms with Crippen molar-refractivity contribution in [3.8, 4) is 5.75 Å². The van der Waals surface area contributed by atoms with Gasteiger partial charge in [0.2, 0.25) is 0 Å². The van der Waals surface area contributed by atoms with Crippen molar-refractivity contribution in [1.29, 1.82) is 0 Å². The molecule has 0 radical (unpaired) electrons. The number of rotatable bonds is 5. The number of aromatic nitrogens is 1. The maximum atomic E-state index is 12.2. The second kappa shape index (κ2) is 8.19. The van der Waals surface area contributed by atoms with Gasteiger partial charge < -0.3 is 15.0 Å². The van der Waals surface area contributed by atoms with E-state index in [1.54, 1.807) is 18.0 Å². The predicted molar refractivity (Wildman–Crippen MR) is 109 cm³/mol. The summed E-state index contributed by atoms with van der Waals surface area (Å²) < 4.78 is 5.84. The van der Waals surface area contributed by atoms with Crippen molar-refractivity contribution in [3.05, 3.63) is 42.6 Å². The molecule has 0 saturated carbocycles. The van der Waals surface area contributed by atoms with Gasteiger partial charge in [-0.3, -0.25) is 9.69 Å². The average molecular weight is 385 g/mol. The molecule has 2 aliphatic heterocycles. The van der Waals surface area contributed by atoms with Crippen LogP contribution < -0.4 is 15.0 Å². The van der Waals surface area contributed by atoms with Gasteiger partial charge in [0, 0.05) is 50.2 Å². The molecule has 0 unspecified atom stereocenters. The molecule has 0 bridgehead atoms. The number of nitrogens with one attached hydrogen (secondary N) is 1. The highest BCUT2D eigenvalue weighted by atomic mass is 32.2. The summed E-state index contributed by atoms with van der Waals surface area (Å²) in [5.41, 5.74) is 1.32. The van der Waals surface area contributed by atoms with Crippen LogP contribution in [-0.4, -0.2) is 60.9 Å². The molecule has 4 rings (SSSR count). The Morgan fingerprint density at radius 2 is 2.00 bits per heavy atom. The van der Waals surface area contributed by atoms with Crippen molar-refractivity contribution in [1.82, 2.24) is 9.88 Å². The van der Waals surface area contributed by atoms with E-state index in [4.69, 9.17) is 4.74 Å².